The third-order valence-corrected chi connectivity index (χ3v) is 9.22. The topological polar surface area (TPSA) is 194 Å². The zero-order valence-electron chi connectivity index (χ0n) is 27.5. The van der Waals surface area contributed by atoms with Gasteiger partial charge in [0.2, 0.25) is 5.91 Å². The number of aromatic nitrogens is 5. The quantitative estimate of drug-likeness (QED) is 0.210. The molecule has 15 nitrogen and oxygen atoms in total. The number of nitrogens with two attached hydrogens (primary N) is 1. The van der Waals surface area contributed by atoms with E-state index in [2.05, 4.69) is 25.7 Å². The van der Waals surface area contributed by atoms with E-state index in [0.29, 0.717) is 26.2 Å². The molecule has 3 aromatic heterocycles. The summed E-state index contributed by atoms with van der Waals surface area (Å²) in [5, 5.41) is 16.6. The van der Waals surface area contributed by atoms with Crippen molar-refractivity contribution in [3.63, 3.8) is 0 Å². The molecule has 0 bridgehead atoms. The van der Waals surface area contributed by atoms with E-state index in [0.717, 1.165) is 43.0 Å². The van der Waals surface area contributed by atoms with Crippen LogP contribution < -0.4 is 16.4 Å². The van der Waals surface area contributed by atoms with Crippen LogP contribution in [0.4, 0.5) is 24.5 Å². The van der Waals surface area contributed by atoms with Crippen LogP contribution >= 0.6 is 23.2 Å². The Balaban J connectivity index is 0.00000168. The Morgan fingerprint density at radius 1 is 1.02 bits per heavy atom. The fourth-order valence-corrected chi connectivity index (χ4v) is 6.30. The number of nitrogen functional groups attached to an aromatic ring is 1. The van der Waals surface area contributed by atoms with Gasteiger partial charge in [-0.05, 0) is 44.1 Å². The van der Waals surface area contributed by atoms with Gasteiger partial charge in [0.25, 0.3) is 18.3 Å². The molecule has 4 aromatic rings. The highest BCUT2D eigenvalue weighted by Gasteiger charge is 2.39. The van der Waals surface area contributed by atoms with E-state index in [1.54, 1.807) is 4.90 Å². The Morgan fingerprint density at radius 2 is 1.67 bits per heavy atom. The summed E-state index contributed by atoms with van der Waals surface area (Å²) in [4.78, 5) is 59.2. The smallest absolute Gasteiger partial charge is 0.435 e. The zero-order valence-corrected chi connectivity index (χ0v) is 29.0. The second-order valence-corrected chi connectivity index (χ2v) is 12.6. The molecule has 52 heavy (non-hydrogen) atoms. The molecule has 5 heterocycles. The summed E-state index contributed by atoms with van der Waals surface area (Å²) < 4.78 is 44.3. The van der Waals surface area contributed by atoms with Gasteiger partial charge in [-0.15, -0.1) is 0 Å². The summed E-state index contributed by atoms with van der Waals surface area (Å²) in [6, 6.07) is 5.66. The molecule has 0 unspecified atom stereocenters. The van der Waals surface area contributed by atoms with Crippen molar-refractivity contribution >= 4 is 58.8 Å². The number of amides is 3. The van der Waals surface area contributed by atoms with Crippen LogP contribution in [0, 0.1) is 5.92 Å². The lowest BCUT2D eigenvalue weighted by Gasteiger charge is -2.37. The lowest BCUT2D eigenvalue weighted by atomic mass is 9.96. The molecular formula is C32H33Cl2F3N10O5. The minimum absolute atomic E-state index is 0.000119. The normalized spacial score (nSPS) is 15.1. The highest BCUT2D eigenvalue weighted by molar-refractivity contribution is 6.34. The number of carboxylic acid groups (broad SMARTS) is 1. The first-order valence-electron chi connectivity index (χ1n) is 15.8. The van der Waals surface area contributed by atoms with Crippen molar-refractivity contribution in [1.82, 2.24) is 39.4 Å². The molecule has 0 spiro atoms. The molecule has 3 amide bonds. The summed E-state index contributed by atoms with van der Waals surface area (Å²) in [7, 11) is 1.39. The van der Waals surface area contributed by atoms with E-state index in [9.17, 15) is 27.6 Å². The van der Waals surface area contributed by atoms with Crippen LogP contribution in [-0.4, -0.2) is 103 Å². The minimum atomic E-state index is -4.85. The summed E-state index contributed by atoms with van der Waals surface area (Å²) in [6.07, 6.45) is 0.206. The van der Waals surface area contributed by atoms with Crippen molar-refractivity contribution in [2.24, 2.45) is 13.0 Å². The highest BCUT2D eigenvalue weighted by atomic mass is 35.5. The Hall–Kier alpha value is -5.20. The van der Waals surface area contributed by atoms with Crippen LogP contribution in [0.3, 0.4) is 0 Å². The fraction of sp³-hybridized carbons (Fsp3) is 0.344. The Bertz CT molecular complexity index is 1970. The van der Waals surface area contributed by atoms with Gasteiger partial charge in [-0.2, -0.15) is 18.3 Å². The predicted octanol–water partition coefficient (Wildman–Crippen LogP) is 3.81. The van der Waals surface area contributed by atoms with Crippen LogP contribution in [0.15, 0.2) is 42.9 Å². The summed E-state index contributed by atoms with van der Waals surface area (Å²) in [5.74, 6) is -1.09. The number of alkyl halides is 3. The first kappa shape index (κ1) is 38.0. The number of rotatable bonds is 6. The average molecular weight is 766 g/mol. The number of piperidine rings is 1. The van der Waals surface area contributed by atoms with Crippen molar-refractivity contribution in [3.8, 4) is 17.1 Å². The number of nitrogens with one attached hydrogen (secondary N) is 2. The molecule has 5 N–H and O–H groups in total. The van der Waals surface area contributed by atoms with Crippen molar-refractivity contribution < 1.29 is 37.5 Å². The monoisotopic (exact) mass is 764 g/mol. The molecule has 0 radical (unpaired) electrons. The average Bonchev–Trinajstić information content (AvgIpc) is 3.74. The lowest BCUT2D eigenvalue weighted by molar-refractivity contribution is -0.141. The molecule has 0 saturated carbocycles. The van der Waals surface area contributed by atoms with E-state index in [-0.39, 0.29) is 74.1 Å². The van der Waals surface area contributed by atoms with E-state index in [1.807, 2.05) is 4.90 Å². The molecule has 2 fully saturated rings. The summed E-state index contributed by atoms with van der Waals surface area (Å²) >= 11 is 12.5. The molecule has 2 aliphatic rings. The Morgan fingerprint density at radius 3 is 2.29 bits per heavy atom. The maximum Gasteiger partial charge on any atom is 0.435 e. The minimum Gasteiger partial charge on any atom is -0.483 e. The Labute approximate surface area is 304 Å². The fourth-order valence-electron chi connectivity index (χ4n) is 5.90. The number of halogens is 5. The molecular weight excluding hydrogens is 732 g/mol. The molecule has 20 heteroatoms. The molecule has 2 aliphatic heterocycles. The lowest BCUT2D eigenvalue weighted by Crippen LogP contribution is -2.52. The van der Waals surface area contributed by atoms with Gasteiger partial charge in [0.05, 0.1) is 44.9 Å². The number of imidazole rings is 1. The number of anilines is 2. The van der Waals surface area contributed by atoms with Crippen LogP contribution in [0.5, 0.6) is 0 Å². The maximum absolute atomic E-state index is 14.0. The van der Waals surface area contributed by atoms with Gasteiger partial charge < -0.3 is 35.8 Å². The molecule has 1 aromatic carbocycles. The van der Waals surface area contributed by atoms with Crippen molar-refractivity contribution in [2.45, 2.75) is 19.0 Å². The number of benzene rings is 1. The van der Waals surface area contributed by atoms with Gasteiger partial charge in [-0.25, -0.2) is 14.6 Å². The zero-order chi connectivity index (χ0) is 37.7. The van der Waals surface area contributed by atoms with E-state index >= 15 is 0 Å². The van der Waals surface area contributed by atoms with Gasteiger partial charge >= 0.3 is 6.18 Å². The SMILES string of the molecule is Cn1c(-c2cn(-c3cc(Cl)c(N)cn3)nc2C(F)(F)F)cnc1C(=O)Nc1ccc(C(=O)N2CCN(C(=O)C3CCNCC3)CC2)c(Cl)c1.O=CO. The number of carbonyl (C=O) groups excluding carboxylic acids is 3. The predicted molar refractivity (Wildman–Crippen MR) is 184 cm³/mol. The number of hydrogen-bond acceptors (Lipinski definition) is 9. The van der Waals surface area contributed by atoms with Crippen LogP contribution in [0.2, 0.25) is 10.0 Å². The van der Waals surface area contributed by atoms with Gasteiger partial charge in [-0.1, -0.05) is 23.2 Å². The van der Waals surface area contributed by atoms with Gasteiger partial charge in [0, 0.05) is 57.1 Å². The van der Waals surface area contributed by atoms with E-state index in [4.69, 9.17) is 38.8 Å². The number of carbonyl (C=O) groups is 4. The van der Waals surface area contributed by atoms with Crippen molar-refractivity contribution in [2.75, 3.05) is 50.3 Å². The number of piperazine rings is 1. The van der Waals surface area contributed by atoms with Crippen molar-refractivity contribution in [1.29, 1.82) is 0 Å². The molecule has 6 rings (SSSR count). The highest BCUT2D eigenvalue weighted by Crippen LogP contribution is 2.37. The first-order chi connectivity index (χ1) is 24.7. The van der Waals surface area contributed by atoms with E-state index < -0.39 is 17.8 Å². The van der Waals surface area contributed by atoms with E-state index in [1.165, 1.54) is 42.1 Å². The summed E-state index contributed by atoms with van der Waals surface area (Å²) in [5.41, 5.74) is 4.67. The van der Waals surface area contributed by atoms with Crippen molar-refractivity contribution in [3.05, 3.63) is 70.0 Å². The molecule has 2 saturated heterocycles. The third kappa shape index (κ3) is 8.29. The summed E-state index contributed by atoms with van der Waals surface area (Å²) in [6.45, 7) is 2.99. The third-order valence-electron chi connectivity index (χ3n) is 8.58. The van der Waals surface area contributed by atoms with Gasteiger partial charge in [0.15, 0.2) is 17.3 Å². The molecule has 276 valence electrons. The maximum atomic E-state index is 14.0. The van der Waals surface area contributed by atoms with Gasteiger partial charge in [0.1, 0.15) is 0 Å². The molecule has 0 atom stereocenters. The van der Waals surface area contributed by atoms with Crippen LogP contribution in [0.25, 0.3) is 17.1 Å². The van der Waals surface area contributed by atoms with Crippen LogP contribution in [-0.2, 0) is 22.8 Å². The molecule has 0 aliphatic carbocycles. The van der Waals surface area contributed by atoms with Crippen LogP contribution in [0.1, 0.15) is 39.5 Å². The second-order valence-electron chi connectivity index (χ2n) is 11.8. The Kier molecular flexibility index (Phi) is 11.7. The van der Waals surface area contributed by atoms with Gasteiger partial charge in [-0.3, -0.25) is 19.2 Å². The number of hydrogen-bond donors (Lipinski definition) is 4. The standard InChI is InChI=1S/C31H31Cl2F3N10O3.CH2O2/c1-43-24(20-16-46(42-26(20)31(34,35)36)25-13-22(33)23(37)14-39-25)15-40-27(43)28(47)41-18-2-3-19(21(32)12-18)30(49)45-10-8-44(9-11-45)29(48)17-4-6-38-7-5-17;2-1-3/h2-3,12-17,38H,4-11,37H2,1H3,(H,41,47);1H,(H,2,3). The largest absolute Gasteiger partial charge is 0.483 e. The second kappa shape index (κ2) is 16.0. The number of pyridine rings is 1. The first-order valence-corrected chi connectivity index (χ1v) is 16.6. The number of nitrogens with zero attached hydrogens (tertiary/aromatic N) is 7.